The molecule has 0 aromatic heterocycles. The Labute approximate surface area is 142 Å². The summed E-state index contributed by atoms with van der Waals surface area (Å²) in [7, 11) is 0. The highest BCUT2D eigenvalue weighted by molar-refractivity contribution is 5.97. The first-order chi connectivity index (χ1) is 11.4. The molecule has 0 aliphatic heterocycles. The van der Waals surface area contributed by atoms with Crippen LogP contribution in [0.25, 0.3) is 0 Å². The average Bonchev–Trinajstić information content (AvgIpc) is 2.52. The van der Waals surface area contributed by atoms with Crippen molar-refractivity contribution in [2.75, 3.05) is 11.9 Å². The largest absolute Gasteiger partial charge is 0.452 e. The summed E-state index contributed by atoms with van der Waals surface area (Å²) in [5.41, 5.74) is 5.13. The van der Waals surface area contributed by atoms with Gasteiger partial charge >= 0.3 is 5.97 Å². The van der Waals surface area contributed by atoms with Crippen LogP contribution in [0.4, 0.5) is 5.69 Å². The molecule has 0 unspecified atom stereocenters. The van der Waals surface area contributed by atoms with Crippen LogP contribution in [-0.2, 0) is 16.0 Å². The summed E-state index contributed by atoms with van der Waals surface area (Å²) in [4.78, 5) is 24.3. The second-order valence-electron chi connectivity index (χ2n) is 5.91. The van der Waals surface area contributed by atoms with Crippen molar-refractivity contribution in [1.82, 2.24) is 0 Å². The van der Waals surface area contributed by atoms with Gasteiger partial charge in [0.25, 0.3) is 5.91 Å². The molecule has 0 bridgehead atoms. The molecule has 0 saturated carbocycles. The zero-order valence-corrected chi connectivity index (χ0v) is 14.6. The zero-order valence-electron chi connectivity index (χ0n) is 14.6. The molecule has 0 aliphatic rings. The molecule has 2 aromatic carbocycles. The van der Waals surface area contributed by atoms with Gasteiger partial charge in [0.2, 0.25) is 0 Å². The maximum absolute atomic E-state index is 12.3. The van der Waals surface area contributed by atoms with Gasteiger partial charge in [0.15, 0.2) is 6.61 Å². The molecule has 1 N–H and O–H groups in total. The fourth-order valence-electron chi connectivity index (χ4n) is 2.84. The number of carbonyl (C=O) groups is 2. The molecule has 0 aliphatic carbocycles. The Bertz CT molecular complexity index is 742. The van der Waals surface area contributed by atoms with E-state index in [4.69, 9.17) is 4.74 Å². The smallest absolute Gasteiger partial charge is 0.339 e. The molecule has 0 radical (unpaired) electrons. The van der Waals surface area contributed by atoms with Gasteiger partial charge in [-0.2, -0.15) is 0 Å². The number of carbonyl (C=O) groups excluding carboxylic acids is 2. The Balaban J connectivity index is 2.00. The fraction of sp³-hybridized carbons (Fsp3) is 0.300. The monoisotopic (exact) mass is 325 g/mol. The van der Waals surface area contributed by atoms with Gasteiger partial charge in [-0.15, -0.1) is 0 Å². The van der Waals surface area contributed by atoms with Crippen molar-refractivity contribution < 1.29 is 14.3 Å². The molecule has 0 heterocycles. The summed E-state index contributed by atoms with van der Waals surface area (Å²) in [6, 6.07) is 11.5. The van der Waals surface area contributed by atoms with E-state index >= 15 is 0 Å². The minimum Gasteiger partial charge on any atom is -0.452 e. The lowest BCUT2D eigenvalue weighted by atomic mass is 10.00. The lowest BCUT2D eigenvalue weighted by Gasteiger charge is -2.12. The molecule has 0 fully saturated rings. The molecular weight excluding hydrogens is 302 g/mol. The van der Waals surface area contributed by atoms with E-state index in [0.29, 0.717) is 5.56 Å². The van der Waals surface area contributed by atoms with Crippen LogP contribution in [0.5, 0.6) is 0 Å². The van der Waals surface area contributed by atoms with Gasteiger partial charge in [-0.25, -0.2) is 4.79 Å². The van der Waals surface area contributed by atoms with Crippen molar-refractivity contribution in [2.45, 2.75) is 34.1 Å². The van der Waals surface area contributed by atoms with Crippen molar-refractivity contribution in [3.8, 4) is 0 Å². The van der Waals surface area contributed by atoms with Crippen molar-refractivity contribution >= 4 is 17.6 Å². The topological polar surface area (TPSA) is 55.4 Å². The summed E-state index contributed by atoms with van der Waals surface area (Å²) >= 11 is 0. The van der Waals surface area contributed by atoms with Gasteiger partial charge in [0.1, 0.15) is 0 Å². The summed E-state index contributed by atoms with van der Waals surface area (Å²) < 4.78 is 5.19. The van der Waals surface area contributed by atoms with Gasteiger partial charge in [0, 0.05) is 5.69 Å². The Morgan fingerprint density at radius 3 is 2.29 bits per heavy atom. The van der Waals surface area contributed by atoms with Gasteiger partial charge in [0.05, 0.1) is 5.56 Å². The molecule has 24 heavy (non-hydrogen) atoms. The maximum Gasteiger partial charge on any atom is 0.339 e. The number of anilines is 1. The highest BCUT2D eigenvalue weighted by Crippen LogP contribution is 2.18. The summed E-state index contributed by atoms with van der Waals surface area (Å²) in [5, 5.41) is 2.79. The quantitative estimate of drug-likeness (QED) is 0.846. The van der Waals surface area contributed by atoms with Crippen molar-refractivity contribution in [1.29, 1.82) is 0 Å². The molecule has 4 heteroatoms. The number of ether oxygens (including phenoxy) is 1. The molecule has 1 amide bonds. The third kappa shape index (κ3) is 4.22. The van der Waals surface area contributed by atoms with E-state index in [-0.39, 0.29) is 12.5 Å². The van der Waals surface area contributed by atoms with Crippen molar-refractivity contribution in [3.63, 3.8) is 0 Å². The van der Waals surface area contributed by atoms with Crippen LogP contribution in [0, 0.1) is 20.8 Å². The van der Waals surface area contributed by atoms with E-state index in [2.05, 4.69) is 5.32 Å². The number of para-hydroxylation sites is 1. The number of hydrogen-bond acceptors (Lipinski definition) is 3. The van der Waals surface area contributed by atoms with Crippen LogP contribution in [-0.4, -0.2) is 18.5 Å². The first-order valence-corrected chi connectivity index (χ1v) is 8.05. The first kappa shape index (κ1) is 17.7. The normalized spacial score (nSPS) is 10.3. The van der Waals surface area contributed by atoms with E-state index in [1.54, 1.807) is 0 Å². The van der Waals surface area contributed by atoms with Crippen molar-refractivity contribution in [3.05, 3.63) is 64.2 Å². The molecular formula is C20H23NO3. The van der Waals surface area contributed by atoms with Crippen LogP contribution >= 0.6 is 0 Å². The second-order valence-corrected chi connectivity index (χ2v) is 5.91. The van der Waals surface area contributed by atoms with Crippen molar-refractivity contribution in [2.24, 2.45) is 0 Å². The minimum absolute atomic E-state index is 0.302. The Morgan fingerprint density at radius 2 is 1.67 bits per heavy atom. The lowest BCUT2D eigenvalue weighted by Crippen LogP contribution is -2.22. The third-order valence-electron chi connectivity index (χ3n) is 3.89. The molecule has 126 valence electrons. The zero-order chi connectivity index (χ0) is 17.7. The second kappa shape index (κ2) is 7.77. The summed E-state index contributed by atoms with van der Waals surface area (Å²) in [6.45, 7) is 7.44. The van der Waals surface area contributed by atoms with E-state index in [9.17, 15) is 9.59 Å². The lowest BCUT2D eigenvalue weighted by molar-refractivity contribution is -0.119. The van der Waals surface area contributed by atoms with Crippen LogP contribution in [0.3, 0.4) is 0 Å². The molecule has 0 spiro atoms. The van der Waals surface area contributed by atoms with E-state index in [1.165, 1.54) is 0 Å². The molecule has 0 atom stereocenters. The highest BCUT2D eigenvalue weighted by atomic mass is 16.5. The number of amides is 1. The molecule has 4 nitrogen and oxygen atoms in total. The Morgan fingerprint density at radius 1 is 1.04 bits per heavy atom. The van der Waals surface area contributed by atoms with Crippen LogP contribution in [0.2, 0.25) is 0 Å². The standard InChI is InChI=1S/C20H23NO3/c1-5-16-8-6-7-9-17(16)21-18(22)12-24-20(23)19-14(3)10-13(2)11-15(19)4/h6-11H,5,12H2,1-4H3,(H,21,22). The Hall–Kier alpha value is -2.62. The van der Waals surface area contributed by atoms with E-state index in [0.717, 1.165) is 34.4 Å². The molecule has 2 rings (SSSR count). The molecule has 2 aromatic rings. The van der Waals surface area contributed by atoms with Crippen LogP contribution in [0.15, 0.2) is 36.4 Å². The van der Waals surface area contributed by atoms with E-state index < -0.39 is 5.97 Å². The third-order valence-corrected chi connectivity index (χ3v) is 3.89. The van der Waals surface area contributed by atoms with Gasteiger partial charge in [-0.3, -0.25) is 4.79 Å². The highest BCUT2D eigenvalue weighted by Gasteiger charge is 2.16. The first-order valence-electron chi connectivity index (χ1n) is 8.05. The number of aryl methyl sites for hydroxylation is 4. The number of esters is 1. The minimum atomic E-state index is -0.469. The molecule has 0 saturated heterocycles. The summed E-state index contributed by atoms with van der Waals surface area (Å²) in [5.74, 6) is -0.810. The summed E-state index contributed by atoms with van der Waals surface area (Å²) in [6.07, 6.45) is 0.817. The van der Waals surface area contributed by atoms with Gasteiger partial charge in [-0.05, 0) is 49.9 Å². The van der Waals surface area contributed by atoms with Crippen LogP contribution < -0.4 is 5.32 Å². The number of nitrogens with one attached hydrogen (secondary N) is 1. The fourth-order valence-corrected chi connectivity index (χ4v) is 2.84. The number of benzene rings is 2. The SMILES string of the molecule is CCc1ccccc1NC(=O)COC(=O)c1c(C)cc(C)cc1C. The number of rotatable bonds is 5. The predicted molar refractivity (Wildman–Crippen MR) is 95.4 cm³/mol. The van der Waals surface area contributed by atoms with E-state index in [1.807, 2.05) is 64.1 Å². The Kier molecular flexibility index (Phi) is 5.74. The van der Waals surface area contributed by atoms with Crippen LogP contribution in [0.1, 0.15) is 39.5 Å². The average molecular weight is 325 g/mol. The number of hydrogen-bond donors (Lipinski definition) is 1. The predicted octanol–water partition coefficient (Wildman–Crippen LogP) is 3.97. The van der Waals surface area contributed by atoms with Gasteiger partial charge in [-0.1, -0.05) is 42.8 Å². The van der Waals surface area contributed by atoms with Gasteiger partial charge < -0.3 is 10.1 Å². The maximum atomic E-state index is 12.3.